The van der Waals surface area contributed by atoms with Crippen molar-refractivity contribution in [2.24, 2.45) is 11.8 Å². The quantitative estimate of drug-likeness (QED) is 0.734. The first-order valence-corrected chi connectivity index (χ1v) is 7.84. The number of ether oxygens (including phenoxy) is 1. The van der Waals surface area contributed by atoms with Gasteiger partial charge in [0.2, 0.25) is 11.8 Å². The summed E-state index contributed by atoms with van der Waals surface area (Å²) >= 11 is 0. The lowest BCUT2D eigenvalue weighted by Crippen LogP contribution is -2.42. The highest BCUT2D eigenvalue weighted by Crippen LogP contribution is 2.41. The summed E-state index contributed by atoms with van der Waals surface area (Å²) in [7, 11) is 0. The zero-order valence-electron chi connectivity index (χ0n) is 12.6. The number of hydrogen-bond donors (Lipinski definition) is 0. The maximum Gasteiger partial charge on any atom is 0.226 e. The van der Waals surface area contributed by atoms with Crippen LogP contribution in [0.2, 0.25) is 0 Å². The van der Waals surface area contributed by atoms with Gasteiger partial charge in [-0.25, -0.2) is 0 Å². The van der Waals surface area contributed by atoms with E-state index in [0.717, 1.165) is 32.4 Å². The molecule has 2 rings (SSSR count). The van der Waals surface area contributed by atoms with Crippen LogP contribution in [0.15, 0.2) is 0 Å². The van der Waals surface area contributed by atoms with E-state index in [1.54, 1.807) is 0 Å². The molecule has 0 radical (unpaired) electrons. The Bertz CT molecular complexity index is 347. The topological polar surface area (TPSA) is 49.9 Å². The third-order valence-electron chi connectivity index (χ3n) is 4.05. The lowest BCUT2D eigenvalue weighted by atomic mass is 10.2. The van der Waals surface area contributed by atoms with Crippen LogP contribution in [0.25, 0.3) is 0 Å². The van der Waals surface area contributed by atoms with Gasteiger partial charge in [0.15, 0.2) is 0 Å². The monoisotopic (exact) mass is 282 g/mol. The van der Waals surface area contributed by atoms with Gasteiger partial charge in [0.25, 0.3) is 0 Å². The van der Waals surface area contributed by atoms with Crippen LogP contribution in [0.4, 0.5) is 0 Å². The van der Waals surface area contributed by atoms with Crippen LogP contribution < -0.4 is 0 Å². The van der Waals surface area contributed by atoms with E-state index in [2.05, 4.69) is 13.8 Å². The summed E-state index contributed by atoms with van der Waals surface area (Å²) in [5.41, 5.74) is 0. The molecule has 5 nitrogen and oxygen atoms in total. The molecular weight excluding hydrogens is 256 g/mol. The Kier molecular flexibility index (Phi) is 5.40. The highest BCUT2D eigenvalue weighted by atomic mass is 16.5. The van der Waals surface area contributed by atoms with Gasteiger partial charge in [-0.05, 0) is 19.3 Å². The van der Waals surface area contributed by atoms with Gasteiger partial charge in [-0.1, -0.05) is 13.8 Å². The Morgan fingerprint density at radius 1 is 1.10 bits per heavy atom. The van der Waals surface area contributed by atoms with Crippen molar-refractivity contribution in [1.29, 1.82) is 0 Å². The van der Waals surface area contributed by atoms with Gasteiger partial charge in [-0.3, -0.25) is 9.59 Å². The predicted octanol–water partition coefficient (Wildman–Crippen LogP) is 1.13. The van der Waals surface area contributed by atoms with E-state index in [1.165, 1.54) is 0 Å². The molecule has 2 atom stereocenters. The molecule has 1 saturated heterocycles. The van der Waals surface area contributed by atoms with Gasteiger partial charge < -0.3 is 14.5 Å². The lowest BCUT2D eigenvalue weighted by Gasteiger charge is -2.27. The molecule has 0 spiro atoms. The molecule has 0 bridgehead atoms. The molecule has 1 heterocycles. The minimum absolute atomic E-state index is 0.0663. The van der Waals surface area contributed by atoms with Crippen LogP contribution in [0.5, 0.6) is 0 Å². The molecule has 1 aliphatic heterocycles. The van der Waals surface area contributed by atoms with Crippen molar-refractivity contribution in [2.45, 2.75) is 33.1 Å². The first-order valence-electron chi connectivity index (χ1n) is 7.84. The smallest absolute Gasteiger partial charge is 0.226 e. The fourth-order valence-electron chi connectivity index (χ4n) is 2.87. The van der Waals surface area contributed by atoms with Gasteiger partial charge in [0, 0.05) is 26.2 Å². The number of hydrogen-bond acceptors (Lipinski definition) is 3. The number of amides is 2. The first-order chi connectivity index (χ1) is 9.69. The molecule has 0 aromatic carbocycles. The normalized spacial score (nSPS) is 25.4. The third kappa shape index (κ3) is 3.51. The van der Waals surface area contributed by atoms with E-state index in [0.29, 0.717) is 26.3 Å². The van der Waals surface area contributed by atoms with Crippen LogP contribution in [0.1, 0.15) is 33.1 Å². The number of carbonyl (C=O) groups excluding carboxylic acids is 2. The molecule has 0 aromatic heterocycles. The molecule has 2 amide bonds. The zero-order chi connectivity index (χ0) is 14.5. The molecule has 2 aliphatic rings. The van der Waals surface area contributed by atoms with Crippen LogP contribution in [0.3, 0.4) is 0 Å². The predicted molar refractivity (Wildman–Crippen MR) is 76.2 cm³/mol. The standard InChI is InChI=1S/C15H26N2O3/c1-3-5-16(6-4-2)14(18)12-11-13(12)15(19)17-7-9-20-10-8-17/h12-13H,3-11H2,1-2H3. The average molecular weight is 282 g/mol. The summed E-state index contributed by atoms with van der Waals surface area (Å²) in [4.78, 5) is 28.5. The Morgan fingerprint density at radius 2 is 1.70 bits per heavy atom. The van der Waals surface area contributed by atoms with Crippen LogP contribution in [-0.2, 0) is 14.3 Å². The molecule has 0 N–H and O–H groups in total. The minimum atomic E-state index is -0.0724. The summed E-state index contributed by atoms with van der Waals surface area (Å²) in [6.45, 7) is 8.36. The Balaban J connectivity index is 1.85. The van der Waals surface area contributed by atoms with Crippen molar-refractivity contribution in [3.05, 3.63) is 0 Å². The summed E-state index contributed by atoms with van der Waals surface area (Å²) in [5.74, 6) is 0.195. The van der Waals surface area contributed by atoms with E-state index in [4.69, 9.17) is 4.74 Å². The second kappa shape index (κ2) is 7.07. The Labute approximate surface area is 121 Å². The number of nitrogens with zero attached hydrogens (tertiary/aromatic N) is 2. The Hall–Kier alpha value is -1.10. The van der Waals surface area contributed by atoms with Gasteiger partial charge in [0.1, 0.15) is 0 Å². The third-order valence-corrected chi connectivity index (χ3v) is 4.05. The van der Waals surface area contributed by atoms with Crippen LogP contribution in [0, 0.1) is 11.8 Å². The summed E-state index contributed by atoms with van der Waals surface area (Å²) in [5, 5.41) is 0. The van der Waals surface area contributed by atoms with E-state index in [9.17, 15) is 9.59 Å². The molecule has 2 unspecified atom stereocenters. The Morgan fingerprint density at radius 3 is 2.25 bits per heavy atom. The van der Waals surface area contributed by atoms with E-state index >= 15 is 0 Å². The summed E-state index contributed by atoms with van der Waals surface area (Å²) in [6.07, 6.45) is 2.68. The summed E-state index contributed by atoms with van der Waals surface area (Å²) < 4.78 is 5.26. The molecule has 1 aliphatic carbocycles. The van der Waals surface area contributed by atoms with Gasteiger partial charge in [0.05, 0.1) is 25.0 Å². The average Bonchev–Trinajstić information content (AvgIpc) is 3.27. The van der Waals surface area contributed by atoms with E-state index in [1.807, 2.05) is 9.80 Å². The fourth-order valence-corrected chi connectivity index (χ4v) is 2.87. The maximum atomic E-state index is 12.4. The molecule has 2 fully saturated rings. The van der Waals surface area contributed by atoms with Gasteiger partial charge in [-0.2, -0.15) is 0 Å². The van der Waals surface area contributed by atoms with Crippen molar-refractivity contribution >= 4 is 11.8 Å². The highest BCUT2D eigenvalue weighted by Gasteiger charge is 2.50. The van der Waals surface area contributed by atoms with Gasteiger partial charge >= 0.3 is 0 Å². The first kappa shape index (κ1) is 15.3. The van der Waals surface area contributed by atoms with Crippen LogP contribution >= 0.6 is 0 Å². The van der Waals surface area contributed by atoms with Crippen LogP contribution in [-0.4, -0.2) is 61.0 Å². The molecule has 1 saturated carbocycles. The molecular formula is C15H26N2O3. The zero-order valence-corrected chi connectivity index (χ0v) is 12.6. The maximum absolute atomic E-state index is 12.4. The number of rotatable bonds is 6. The molecule has 114 valence electrons. The number of carbonyl (C=O) groups is 2. The van der Waals surface area contributed by atoms with Gasteiger partial charge in [-0.15, -0.1) is 0 Å². The lowest BCUT2D eigenvalue weighted by molar-refractivity contribution is -0.140. The molecule has 20 heavy (non-hydrogen) atoms. The largest absolute Gasteiger partial charge is 0.378 e. The van der Waals surface area contributed by atoms with Crippen molar-refractivity contribution in [1.82, 2.24) is 9.80 Å². The van der Waals surface area contributed by atoms with Crippen molar-refractivity contribution in [2.75, 3.05) is 39.4 Å². The van der Waals surface area contributed by atoms with Crippen molar-refractivity contribution < 1.29 is 14.3 Å². The van der Waals surface area contributed by atoms with Crippen molar-refractivity contribution in [3.63, 3.8) is 0 Å². The molecule has 5 heteroatoms. The second-order valence-electron chi connectivity index (χ2n) is 5.71. The van der Waals surface area contributed by atoms with E-state index in [-0.39, 0.29) is 23.7 Å². The minimum Gasteiger partial charge on any atom is -0.378 e. The van der Waals surface area contributed by atoms with E-state index < -0.39 is 0 Å². The fraction of sp³-hybridized carbons (Fsp3) is 0.867. The second-order valence-corrected chi connectivity index (χ2v) is 5.71. The van der Waals surface area contributed by atoms with Crippen molar-refractivity contribution in [3.8, 4) is 0 Å². The summed E-state index contributed by atoms with van der Waals surface area (Å²) in [6, 6.07) is 0. The SMILES string of the molecule is CCCN(CCC)C(=O)C1CC1C(=O)N1CCOCC1. The molecule has 0 aromatic rings. The highest BCUT2D eigenvalue weighted by molar-refractivity contribution is 5.92. The number of morpholine rings is 1.